The lowest BCUT2D eigenvalue weighted by Gasteiger charge is -2.19. The topological polar surface area (TPSA) is 25.2 Å². The fourth-order valence-electron chi connectivity index (χ4n) is 3.00. The van der Waals surface area contributed by atoms with Gasteiger partial charge in [0.2, 0.25) is 0 Å². The molecule has 0 aliphatic carbocycles. The van der Waals surface area contributed by atoms with Gasteiger partial charge in [-0.1, -0.05) is 46.8 Å². The van der Waals surface area contributed by atoms with Crippen LogP contribution in [0.15, 0.2) is 16.5 Å². The van der Waals surface area contributed by atoms with Crippen LogP contribution < -0.4 is 5.32 Å². The van der Waals surface area contributed by atoms with Gasteiger partial charge in [0.15, 0.2) is 0 Å². The zero-order chi connectivity index (χ0) is 15.8. The fraction of sp³-hybridized carbons (Fsp3) is 0.579. The van der Waals surface area contributed by atoms with Crippen molar-refractivity contribution in [2.75, 3.05) is 7.05 Å². The number of hydrogen-bond acceptors (Lipinski definition) is 2. The molecular formula is C19H29NO. The van der Waals surface area contributed by atoms with E-state index in [1.165, 1.54) is 22.1 Å². The second-order valence-electron chi connectivity index (χ2n) is 7.52. The molecule has 0 atom stereocenters. The van der Waals surface area contributed by atoms with E-state index in [0.29, 0.717) is 5.92 Å². The Morgan fingerprint density at radius 3 is 2.38 bits per heavy atom. The summed E-state index contributed by atoms with van der Waals surface area (Å²) in [5.41, 5.74) is 5.19. The van der Waals surface area contributed by atoms with Gasteiger partial charge in [-0.2, -0.15) is 0 Å². The average Bonchev–Trinajstić information content (AvgIpc) is 2.67. The molecule has 0 amide bonds. The summed E-state index contributed by atoms with van der Waals surface area (Å²) < 4.78 is 6.32. The van der Waals surface area contributed by atoms with E-state index in [1.54, 1.807) is 0 Å². The SMILES string of the molecule is CNCc1oc2c(C(C)(C)C)ccc(C)c2c1CC(C)C. The molecule has 1 aromatic heterocycles. The average molecular weight is 287 g/mol. The molecule has 0 fully saturated rings. The smallest absolute Gasteiger partial charge is 0.138 e. The molecular weight excluding hydrogens is 258 g/mol. The molecule has 0 radical (unpaired) electrons. The van der Waals surface area contributed by atoms with Crippen LogP contribution in [0.2, 0.25) is 0 Å². The Kier molecular flexibility index (Phi) is 4.48. The Balaban J connectivity index is 2.76. The summed E-state index contributed by atoms with van der Waals surface area (Å²) in [5, 5.41) is 4.58. The third kappa shape index (κ3) is 3.16. The van der Waals surface area contributed by atoms with E-state index in [1.807, 2.05) is 7.05 Å². The lowest BCUT2D eigenvalue weighted by molar-refractivity contribution is 0.502. The maximum absolute atomic E-state index is 6.32. The Hall–Kier alpha value is -1.28. The second-order valence-corrected chi connectivity index (χ2v) is 7.52. The number of nitrogens with one attached hydrogen (secondary N) is 1. The van der Waals surface area contributed by atoms with Crippen molar-refractivity contribution in [3.63, 3.8) is 0 Å². The first-order chi connectivity index (χ1) is 9.75. The Labute approximate surface area is 128 Å². The summed E-state index contributed by atoms with van der Waals surface area (Å²) in [6, 6.07) is 4.47. The Morgan fingerprint density at radius 2 is 1.86 bits per heavy atom. The molecule has 116 valence electrons. The van der Waals surface area contributed by atoms with Crippen molar-refractivity contribution in [1.82, 2.24) is 5.32 Å². The molecule has 1 N–H and O–H groups in total. The third-order valence-electron chi connectivity index (χ3n) is 3.99. The largest absolute Gasteiger partial charge is 0.459 e. The maximum atomic E-state index is 6.32. The maximum Gasteiger partial charge on any atom is 0.138 e. The number of rotatable bonds is 4. The summed E-state index contributed by atoms with van der Waals surface area (Å²) in [5.74, 6) is 1.72. The molecule has 21 heavy (non-hydrogen) atoms. The number of benzene rings is 1. The van der Waals surface area contributed by atoms with E-state index in [4.69, 9.17) is 4.42 Å². The minimum atomic E-state index is 0.0931. The minimum Gasteiger partial charge on any atom is -0.459 e. The molecule has 0 spiro atoms. The molecule has 1 heterocycles. The highest BCUT2D eigenvalue weighted by atomic mass is 16.3. The lowest BCUT2D eigenvalue weighted by Crippen LogP contribution is -2.11. The summed E-state index contributed by atoms with van der Waals surface area (Å²) in [7, 11) is 1.98. The van der Waals surface area contributed by atoms with E-state index in [2.05, 4.69) is 59.0 Å². The summed E-state index contributed by atoms with van der Waals surface area (Å²) in [6.45, 7) is 14.3. The van der Waals surface area contributed by atoms with Crippen molar-refractivity contribution in [3.05, 3.63) is 34.6 Å². The molecule has 2 rings (SSSR count). The molecule has 0 unspecified atom stereocenters. The second kappa shape index (κ2) is 5.84. The fourth-order valence-corrected chi connectivity index (χ4v) is 3.00. The van der Waals surface area contributed by atoms with Gasteiger partial charge in [0.05, 0.1) is 6.54 Å². The molecule has 0 saturated heterocycles. The summed E-state index contributed by atoms with van der Waals surface area (Å²) in [4.78, 5) is 0. The first-order valence-electron chi connectivity index (χ1n) is 7.94. The standard InChI is InChI=1S/C19H29NO/c1-12(2)10-14-16(11-20-7)21-18-15(19(4,5)6)9-8-13(3)17(14)18/h8-9,12,20H,10-11H2,1-7H3. The highest BCUT2D eigenvalue weighted by Crippen LogP contribution is 2.37. The van der Waals surface area contributed by atoms with Crippen molar-refractivity contribution in [1.29, 1.82) is 0 Å². The van der Waals surface area contributed by atoms with Gasteiger partial charge in [-0.05, 0) is 37.3 Å². The van der Waals surface area contributed by atoms with E-state index in [-0.39, 0.29) is 5.41 Å². The molecule has 2 aromatic rings. The van der Waals surface area contributed by atoms with Gasteiger partial charge < -0.3 is 9.73 Å². The van der Waals surface area contributed by atoms with Crippen molar-refractivity contribution in [2.45, 2.75) is 59.9 Å². The van der Waals surface area contributed by atoms with E-state index >= 15 is 0 Å². The number of hydrogen-bond donors (Lipinski definition) is 1. The Morgan fingerprint density at radius 1 is 1.19 bits per heavy atom. The van der Waals surface area contributed by atoms with Crippen LogP contribution in [0.5, 0.6) is 0 Å². The summed E-state index contributed by atoms with van der Waals surface area (Å²) in [6.07, 6.45) is 1.07. The minimum absolute atomic E-state index is 0.0931. The van der Waals surface area contributed by atoms with E-state index in [9.17, 15) is 0 Å². The Bertz CT molecular complexity index is 629. The third-order valence-corrected chi connectivity index (χ3v) is 3.99. The van der Waals surface area contributed by atoms with Gasteiger partial charge in [0, 0.05) is 16.5 Å². The van der Waals surface area contributed by atoms with Gasteiger partial charge in [0.25, 0.3) is 0 Å². The lowest BCUT2D eigenvalue weighted by atomic mass is 9.84. The monoisotopic (exact) mass is 287 g/mol. The molecule has 2 nitrogen and oxygen atoms in total. The van der Waals surface area contributed by atoms with Gasteiger partial charge in [-0.15, -0.1) is 0 Å². The molecule has 0 bridgehead atoms. The zero-order valence-electron chi connectivity index (χ0n) is 14.6. The predicted molar refractivity (Wildman–Crippen MR) is 91.0 cm³/mol. The highest BCUT2D eigenvalue weighted by molar-refractivity contribution is 5.89. The molecule has 1 aromatic carbocycles. The van der Waals surface area contributed by atoms with Gasteiger partial charge >= 0.3 is 0 Å². The van der Waals surface area contributed by atoms with Crippen molar-refractivity contribution < 1.29 is 4.42 Å². The van der Waals surface area contributed by atoms with Crippen molar-refractivity contribution >= 4 is 11.0 Å². The van der Waals surface area contributed by atoms with E-state index < -0.39 is 0 Å². The number of aryl methyl sites for hydroxylation is 1. The van der Waals surface area contributed by atoms with Crippen molar-refractivity contribution in [2.24, 2.45) is 5.92 Å². The molecule has 2 heteroatoms. The van der Waals surface area contributed by atoms with Gasteiger partial charge in [-0.25, -0.2) is 0 Å². The van der Waals surface area contributed by atoms with Crippen LogP contribution in [0.25, 0.3) is 11.0 Å². The first-order valence-corrected chi connectivity index (χ1v) is 7.94. The van der Waals surface area contributed by atoms with Crippen LogP contribution in [-0.4, -0.2) is 7.05 Å². The first kappa shape index (κ1) is 16.1. The summed E-state index contributed by atoms with van der Waals surface area (Å²) >= 11 is 0. The van der Waals surface area contributed by atoms with Crippen LogP contribution in [-0.2, 0) is 18.4 Å². The molecule has 0 aliphatic rings. The highest BCUT2D eigenvalue weighted by Gasteiger charge is 2.24. The van der Waals surface area contributed by atoms with Crippen LogP contribution >= 0.6 is 0 Å². The van der Waals surface area contributed by atoms with Crippen LogP contribution in [0.4, 0.5) is 0 Å². The zero-order valence-corrected chi connectivity index (χ0v) is 14.6. The predicted octanol–water partition coefficient (Wildman–Crippen LogP) is 4.96. The quantitative estimate of drug-likeness (QED) is 0.860. The van der Waals surface area contributed by atoms with Crippen LogP contribution in [0.1, 0.15) is 57.1 Å². The molecule has 0 saturated carbocycles. The normalized spacial score (nSPS) is 12.6. The van der Waals surface area contributed by atoms with Gasteiger partial charge in [0.1, 0.15) is 11.3 Å². The van der Waals surface area contributed by atoms with Crippen LogP contribution in [0, 0.1) is 12.8 Å². The number of fused-ring (bicyclic) bond motifs is 1. The van der Waals surface area contributed by atoms with E-state index in [0.717, 1.165) is 24.3 Å². The molecule has 0 aliphatic heterocycles. The van der Waals surface area contributed by atoms with Crippen LogP contribution in [0.3, 0.4) is 0 Å². The van der Waals surface area contributed by atoms with Crippen molar-refractivity contribution in [3.8, 4) is 0 Å². The van der Waals surface area contributed by atoms with Gasteiger partial charge in [-0.3, -0.25) is 0 Å². The number of furan rings is 1.